The third-order valence-electron chi connectivity index (χ3n) is 11.8. The molecule has 1 aliphatic rings. The lowest BCUT2D eigenvalue weighted by molar-refractivity contribution is 0.943. The second-order valence-corrected chi connectivity index (χ2v) is 16.4. The van der Waals surface area contributed by atoms with Crippen molar-refractivity contribution in [2.75, 3.05) is 0 Å². The van der Waals surface area contributed by atoms with Crippen molar-refractivity contribution in [1.29, 1.82) is 10.5 Å². The van der Waals surface area contributed by atoms with Crippen LogP contribution in [-0.4, -0.2) is 19.1 Å². The van der Waals surface area contributed by atoms with E-state index in [1.165, 1.54) is 43.6 Å². The van der Waals surface area contributed by atoms with Crippen LogP contribution in [0, 0.1) is 21.3 Å². The normalized spacial score (nSPS) is 11.8. The zero-order valence-electron chi connectivity index (χ0n) is 31.7. The molecule has 0 bridgehead atoms. The van der Waals surface area contributed by atoms with Crippen LogP contribution in [0.1, 0.15) is 0 Å². The Balaban J connectivity index is 1.06. The highest BCUT2D eigenvalue weighted by Gasteiger charge is 2.29. The Kier molecular flexibility index (Phi) is 7.73. The van der Waals surface area contributed by atoms with Gasteiger partial charge in [-0.1, -0.05) is 121 Å². The first kappa shape index (κ1) is 34.4. The van der Waals surface area contributed by atoms with Crippen LogP contribution in [0.4, 0.5) is 0 Å². The summed E-state index contributed by atoms with van der Waals surface area (Å²) in [5.41, 5.74) is 14.6. The lowest BCUT2D eigenvalue weighted by Crippen LogP contribution is -1.95. The molecule has 8 heteroatoms. The molecule has 11 aromatic rings. The minimum Gasteiger partial charge on any atom is -0.309 e. The lowest BCUT2D eigenvalue weighted by Gasteiger charge is -2.16. The number of hydrogen-bond donors (Lipinski definition) is 0. The summed E-state index contributed by atoms with van der Waals surface area (Å²) in [5, 5.41) is 31.5. The van der Waals surface area contributed by atoms with Crippen molar-refractivity contribution in [2.45, 2.75) is 10.1 Å². The summed E-state index contributed by atoms with van der Waals surface area (Å²) in [6.45, 7) is 0. The molecule has 278 valence electrons. The molecule has 3 heterocycles. The van der Waals surface area contributed by atoms with Crippen LogP contribution >= 0.6 is 23.5 Å². The van der Waals surface area contributed by atoms with E-state index in [9.17, 15) is 10.5 Å². The predicted molar refractivity (Wildman–Crippen MR) is 246 cm³/mol. The van der Waals surface area contributed by atoms with Crippen molar-refractivity contribution in [3.8, 4) is 66.9 Å². The van der Waals surface area contributed by atoms with Gasteiger partial charge in [-0.05, 0) is 76.2 Å². The molecule has 8 aromatic carbocycles. The molecule has 0 N–H and O–H groups in total. The molecule has 6 nitrogen and oxygen atoms in total. The van der Waals surface area contributed by atoms with Gasteiger partial charge in [0.1, 0.15) is 20.9 Å². The highest BCUT2D eigenvalue weighted by molar-refractivity contribution is 8.06. The molecule has 0 atom stereocenters. The molecule has 0 spiro atoms. The van der Waals surface area contributed by atoms with Crippen molar-refractivity contribution in [3.63, 3.8) is 0 Å². The molecule has 60 heavy (non-hydrogen) atoms. The molecule has 0 aliphatic heterocycles. The van der Waals surface area contributed by atoms with Crippen molar-refractivity contribution in [1.82, 2.24) is 19.1 Å². The first-order valence-electron chi connectivity index (χ1n) is 19.5. The van der Waals surface area contributed by atoms with Crippen LogP contribution in [0.25, 0.3) is 111 Å². The monoisotopic (exact) mass is 800 g/mol. The van der Waals surface area contributed by atoms with Gasteiger partial charge in [-0.25, -0.2) is 9.97 Å². The summed E-state index contributed by atoms with van der Waals surface area (Å²) >= 11 is 1.87. The highest BCUT2D eigenvalue weighted by Crippen LogP contribution is 2.52. The maximum absolute atomic E-state index is 9.63. The van der Waals surface area contributed by atoms with E-state index in [1.807, 2.05) is 0 Å². The average molecular weight is 801 g/mol. The van der Waals surface area contributed by atoms with Crippen molar-refractivity contribution < 1.29 is 0 Å². The van der Waals surface area contributed by atoms with E-state index in [0.717, 1.165) is 90.4 Å². The number of aromatic nitrogens is 4. The van der Waals surface area contributed by atoms with Crippen molar-refractivity contribution in [3.05, 3.63) is 170 Å². The minimum atomic E-state index is 0.439. The van der Waals surface area contributed by atoms with Gasteiger partial charge in [-0.2, -0.15) is 10.5 Å². The van der Waals surface area contributed by atoms with Crippen molar-refractivity contribution in [2.24, 2.45) is 0 Å². The largest absolute Gasteiger partial charge is 0.309 e. The number of fused-ring (bicyclic) bond motifs is 9. The Morgan fingerprint density at radius 3 is 1.03 bits per heavy atom. The van der Waals surface area contributed by atoms with Crippen LogP contribution in [0.15, 0.2) is 180 Å². The number of benzene rings is 8. The van der Waals surface area contributed by atoms with E-state index in [-0.39, 0.29) is 0 Å². The Hall–Kier alpha value is -7.62. The van der Waals surface area contributed by atoms with E-state index in [1.54, 1.807) is 0 Å². The molecule has 1 aliphatic carbocycles. The van der Waals surface area contributed by atoms with Gasteiger partial charge in [0.25, 0.3) is 0 Å². The fourth-order valence-corrected chi connectivity index (χ4v) is 10.3. The molecule has 0 saturated carbocycles. The maximum atomic E-state index is 9.63. The van der Waals surface area contributed by atoms with Gasteiger partial charge in [0.05, 0.1) is 33.5 Å². The van der Waals surface area contributed by atoms with E-state index in [2.05, 4.69) is 190 Å². The Bertz CT molecular complexity index is 3340. The quantitative estimate of drug-likeness (QED) is 0.123. The summed E-state index contributed by atoms with van der Waals surface area (Å²) in [6, 6.07) is 60.7. The fourth-order valence-electron chi connectivity index (χ4n) is 9.35. The highest BCUT2D eigenvalue weighted by atomic mass is 32.2. The first-order valence-corrected chi connectivity index (χ1v) is 21.2. The summed E-state index contributed by atoms with van der Waals surface area (Å²) < 4.78 is 4.68. The van der Waals surface area contributed by atoms with Crippen molar-refractivity contribution >= 4 is 77.9 Å². The molecular weight excluding hydrogens is 773 g/mol. The first-order chi connectivity index (χ1) is 29.7. The Morgan fingerprint density at radius 2 is 0.683 bits per heavy atom. The van der Waals surface area contributed by atoms with Crippen LogP contribution in [0.3, 0.4) is 0 Å². The number of hydrogen-bond acceptors (Lipinski definition) is 6. The fraction of sp³-hybridized carbons (Fsp3) is 0. The van der Waals surface area contributed by atoms with Crippen LogP contribution in [-0.2, 0) is 0 Å². The van der Waals surface area contributed by atoms with E-state index < -0.39 is 0 Å². The zero-order chi connectivity index (χ0) is 39.9. The molecule has 0 saturated heterocycles. The second-order valence-electron chi connectivity index (χ2n) is 14.8. The number of thiocyanates is 2. The summed E-state index contributed by atoms with van der Waals surface area (Å²) in [5.74, 6) is 0. The number of nitrogens with zero attached hydrogens (tertiary/aromatic N) is 6. The van der Waals surface area contributed by atoms with Gasteiger partial charge < -0.3 is 9.13 Å². The number of rotatable bonds is 6. The number of para-hydroxylation sites is 4. The van der Waals surface area contributed by atoms with Gasteiger partial charge in [0, 0.05) is 73.0 Å². The molecule has 12 rings (SSSR count). The number of nitriles is 2. The molecule has 0 radical (unpaired) electrons. The van der Waals surface area contributed by atoms with Crippen LogP contribution in [0.5, 0.6) is 0 Å². The Labute approximate surface area is 352 Å². The Morgan fingerprint density at radius 1 is 0.367 bits per heavy atom. The molecule has 0 fully saturated rings. The van der Waals surface area contributed by atoms with Gasteiger partial charge in [-0.3, -0.25) is 0 Å². The maximum Gasteiger partial charge on any atom is 0.145 e. The summed E-state index contributed by atoms with van der Waals surface area (Å²) in [7, 11) is 0. The van der Waals surface area contributed by atoms with E-state index in [0.29, 0.717) is 10.1 Å². The number of thioether (sulfide) groups is 2. The average Bonchev–Trinajstić information content (AvgIpc) is 3.93. The van der Waals surface area contributed by atoms with E-state index in [4.69, 9.17) is 9.97 Å². The lowest BCUT2D eigenvalue weighted by atomic mass is 9.88. The molecule has 0 amide bonds. The van der Waals surface area contributed by atoms with Crippen LogP contribution < -0.4 is 0 Å². The summed E-state index contributed by atoms with van der Waals surface area (Å²) in [4.78, 5) is 9.97. The van der Waals surface area contributed by atoms with Gasteiger partial charge in [0.15, 0.2) is 0 Å². The minimum absolute atomic E-state index is 0.439. The SMILES string of the molecule is N#CSc1nc2c(nc1SC#N)-c1ccc(-c3ccc(-n4c5ccccc5c5ccccc54)cc3)c3c(-c4ccc(-n5c6ccccc6c6ccccc65)cc4)ccc-2c13. The third kappa shape index (κ3) is 5.02. The van der Waals surface area contributed by atoms with E-state index >= 15 is 0 Å². The molecular formula is C52H28N6S2. The smallest absolute Gasteiger partial charge is 0.145 e. The zero-order valence-corrected chi connectivity index (χ0v) is 33.3. The predicted octanol–water partition coefficient (Wildman–Crippen LogP) is 14.0. The summed E-state index contributed by atoms with van der Waals surface area (Å²) in [6.07, 6.45) is 0. The topological polar surface area (TPSA) is 83.2 Å². The molecule has 0 unspecified atom stereocenters. The standard InChI is InChI=1S/C52H28N6S2/c53-29-59-51-52(60-30-54)56-50-42-28-26-36(32-19-23-34(24-20-32)58-45-15-7-3-11-39(45)40-12-4-8-16-46(40)58)47-35(25-27-41(48(42)47)49(50)55-51)31-17-21-33(22-18-31)57-43-13-5-1-9-37(43)38-10-2-6-14-44(38)57/h1-28H. The van der Waals surface area contributed by atoms with Gasteiger partial charge in [-0.15, -0.1) is 0 Å². The second kappa shape index (κ2) is 13.5. The third-order valence-corrected chi connectivity index (χ3v) is 13.1. The van der Waals surface area contributed by atoms with Gasteiger partial charge in [0.2, 0.25) is 0 Å². The molecule has 3 aromatic heterocycles. The van der Waals surface area contributed by atoms with Gasteiger partial charge >= 0.3 is 0 Å². The van der Waals surface area contributed by atoms with Crippen LogP contribution in [0.2, 0.25) is 0 Å².